The molecule has 3 aromatic rings. The second-order valence-electron chi connectivity index (χ2n) is 7.32. The number of fused-ring (bicyclic) bond motifs is 3. The number of pyridine rings is 1. The van der Waals surface area contributed by atoms with Crippen LogP contribution in [0.15, 0.2) is 60.8 Å². The number of hydrogen-bond donors (Lipinski definition) is 0. The highest BCUT2D eigenvalue weighted by molar-refractivity contribution is 6.89. The lowest BCUT2D eigenvalue weighted by Crippen LogP contribution is -2.39. The van der Waals surface area contributed by atoms with Gasteiger partial charge in [-0.25, -0.2) is 0 Å². The number of rotatable bonds is 2. The number of nitrogens with zero attached hydrogens (tertiary/aromatic N) is 1. The highest BCUT2D eigenvalue weighted by Crippen LogP contribution is 2.41. The van der Waals surface area contributed by atoms with E-state index in [-0.39, 0.29) is 0 Å². The van der Waals surface area contributed by atoms with Crippen LogP contribution in [0.25, 0.3) is 22.3 Å². The van der Waals surface area contributed by atoms with E-state index in [1.807, 2.05) is 0 Å². The molecule has 0 spiro atoms. The van der Waals surface area contributed by atoms with Gasteiger partial charge in [0.2, 0.25) is 0 Å². The average Bonchev–Trinajstić information content (AvgIpc) is 2.92. The molecule has 1 aliphatic carbocycles. The van der Waals surface area contributed by atoms with Gasteiger partial charge >= 0.3 is 0 Å². The molecule has 0 radical (unpaired) electrons. The predicted molar refractivity (Wildman–Crippen MR) is 101 cm³/mol. The quantitative estimate of drug-likeness (QED) is 0.481. The van der Waals surface area contributed by atoms with E-state index in [1.54, 1.807) is 0 Å². The summed E-state index contributed by atoms with van der Waals surface area (Å²) < 4.78 is 0. The first-order chi connectivity index (χ1) is 11.1. The molecule has 114 valence electrons. The van der Waals surface area contributed by atoms with E-state index in [9.17, 15) is 0 Å². The first kappa shape index (κ1) is 14.4. The van der Waals surface area contributed by atoms with Gasteiger partial charge in [-0.3, -0.25) is 4.98 Å². The number of aromatic nitrogens is 1. The molecule has 1 aromatic heterocycles. The Kier molecular flexibility index (Phi) is 3.24. The molecule has 2 heteroatoms. The van der Waals surface area contributed by atoms with Gasteiger partial charge in [-0.15, -0.1) is 0 Å². The Hall–Kier alpha value is -2.19. The van der Waals surface area contributed by atoms with Crippen molar-refractivity contribution >= 4 is 13.3 Å². The van der Waals surface area contributed by atoms with Crippen molar-refractivity contribution in [2.24, 2.45) is 0 Å². The summed E-state index contributed by atoms with van der Waals surface area (Å²) in [5.41, 5.74) is 8.10. The molecule has 0 unspecified atom stereocenters. The van der Waals surface area contributed by atoms with Gasteiger partial charge in [0.15, 0.2) is 0 Å². The summed E-state index contributed by atoms with van der Waals surface area (Å²) >= 11 is 0. The summed E-state index contributed by atoms with van der Waals surface area (Å²) in [6, 6.07) is 19.6. The van der Waals surface area contributed by atoms with Crippen LogP contribution < -0.4 is 5.19 Å². The summed E-state index contributed by atoms with van der Waals surface area (Å²) in [7, 11) is -1.49. The Morgan fingerprint density at radius 2 is 1.52 bits per heavy atom. The third-order valence-corrected chi connectivity index (χ3v) is 6.67. The highest BCUT2D eigenvalue weighted by Gasteiger charge is 2.29. The van der Waals surface area contributed by atoms with Crippen molar-refractivity contribution in [2.45, 2.75) is 26.1 Å². The molecule has 0 N–H and O–H groups in total. The fourth-order valence-electron chi connectivity index (χ4n) is 3.55. The van der Waals surface area contributed by atoms with Crippen molar-refractivity contribution in [1.82, 2.24) is 4.98 Å². The van der Waals surface area contributed by atoms with Gasteiger partial charge in [-0.2, -0.15) is 0 Å². The van der Waals surface area contributed by atoms with E-state index in [4.69, 9.17) is 4.98 Å². The fraction of sp³-hybridized carbons (Fsp3) is 0.190. The Morgan fingerprint density at radius 1 is 0.826 bits per heavy atom. The topological polar surface area (TPSA) is 12.9 Å². The first-order valence-electron chi connectivity index (χ1n) is 8.22. The standard InChI is InChI=1S/C21H21NSi/c1-23(2,3)19-14-22-18-13-16-11-7-8-12-17(16)21(18)20(19)15-9-5-4-6-10-15/h4-12,14H,13H2,1-3H3. The lowest BCUT2D eigenvalue weighted by Gasteiger charge is -2.23. The summed E-state index contributed by atoms with van der Waals surface area (Å²) in [5, 5.41) is 1.46. The van der Waals surface area contributed by atoms with Crippen LogP contribution in [0.2, 0.25) is 19.6 Å². The second-order valence-corrected chi connectivity index (χ2v) is 12.4. The molecule has 0 saturated carbocycles. The molecule has 0 aliphatic heterocycles. The maximum Gasteiger partial charge on any atom is 0.0804 e. The van der Waals surface area contributed by atoms with Crippen LogP contribution in [-0.2, 0) is 6.42 Å². The Bertz CT molecular complexity index is 876. The maximum atomic E-state index is 4.86. The molecule has 1 aliphatic rings. The van der Waals surface area contributed by atoms with E-state index in [1.165, 1.54) is 38.7 Å². The van der Waals surface area contributed by atoms with Crippen molar-refractivity contribution in [3.8, 4) is 22.3 Å². The summed E-state index contributed by atoms with van der Waals surface area (Å²) in [5.74, 6) is 0. The molecular weight excluding hydrogens is 294 g/mol. The predicted octanol–water partition coefficient (Wildman–Crippen LogP) is 4.87. The minimum atomic E-state index is -1.49. The van der Waals surface area contributed by atoms with Crippen LogP contribution >= 0.6 is 0 Å². The minimum absolute atomic E-state index is 0.956. The molecule has 4 rings (SSSR count). The Morgan fingerprint density at radius 3 is 2.26 bits per heavy atom. The van der Waals surface area contributed by atoms with Gasteiger partial charge in [0, 0.05) is 18.2 Å². The van der Waals surface area contributed by atoms with Crippen molar-refractivity contribution in [2.75, 3.05) is 0 Å². The molecule has 0 atom stereocenters. The summed E-state index contributed by atoms with van der Waals surface area (Å²) in [6.07, 6.45) is 3.11. The van der Waals surface area contributed by atoms with Gasteiger partial charge in [-0.1, -0.05) is 74.2 Å². The zero-order valence-electron chi connectivity index (χ0n) is 13.9. The maximum absolute atomic E-state index is 4.86. The van der Waals surface area contributed by atoms with Gasteiger partial charge in [0.1, 0.15) is 0 Å². The smallest absolute Gasteiger partial charge is 0.0804 e. The van der Waals surface area contributed by atoms with Crippen LogP contribution in [-0.4, -0.2) is 13.1 Å². The van der Waals surface area contributed by atoms with E-state index in [0.29, 0.717) is 0 Å². The van der Waals surface area contributed by atoms with Crippen molar-refractivity contribution in [1.29, 1.82) is 0 Å². The number of benzene rings is 2. The van der Waals surface area contributed by atoms with Gasteiger partial charge in [0.05, 0.1) is 13.8 Å². The lowest BCUT2D eigenvalue weighted by molar-refractivity contribution is 1.13. The molecule has 23 heavy (non-hydrogen) atoms. The van der Waals surface area contributed by atoms with E-state index in [2.05, 4.69) is 80.4 Å². The zero-order valence-corrected chi connectivity index (χ0v) is 14.9. The second kappa shape index (κ2) is 5.17. The number of hydrogen-bond acceptors (Lipinski definition) is 1. The van der Waals surface area contributed by atoms with E-state index in [0.717, 1.165) is 6.42 Å². The molecule has 2 aromatic carbocycles. The van der Waals surface area contributed by atoms with E-state index >= 15 is 0 Å². The van der Waals surface area contributed by atoms with Gasteiger partial charge < -0.3 is 0 Å². The molecule has 0 bridgehead atoms. The van der Waals surface area contributed by atoms with Crippen molar-refractivity contribution in [3.63, 3.8) is 0 Å². The molecule has 1 heterocycles. The lowest BCUT2D eigenvalue weighted by atomic mass is 9.96. The van der Waals surface area contributed by atoms with Crippen LogP contribution in [0.3, 0.4) is 0 Å². The van der Waals surface area contributed by atoms with Gasteiger partial charge in [0.25, 0.3) is 0 Å². The Balaban J connectivity index is 2.09. The van der Waals surface area contributed by atoms with Crippen molar-refractivity contribution < 1.29 is 0 Å². The third-order valence-electron chi connectivity index (χ3n) is 4.67. The summed E-state index contributed by atoms with van der Waals surface area (Å²) in [4.78, 5) is 4.86. The molecule has 0 saturated heterocycles. The third kappa shape index (κ3) is 2.34. The zero-order chi connectivity index (χ0) is 16.0. The first-order valence-corrected chi connectivity index (χ1v) is 11.7. The highest BCUT2D eigenvalue weighted by atomic mass is 28.3. The van der Waals surface area contributed by atoms with Crippen LogP contribution in [0, 0.1) is 0 Å². The largest absolute Gasteiger partial charge is 0.260 e. The van der Waals surface area contributed by atoms with E-state index < -0.39 is 8.07 Å². The van der Waals surface area contributed by atoms with Crippen LogP contribution in [0.5, 0.6) is 0 Å². The SMILES string of the molecule is C[Si](C)(C)c1cnc2c(c1-c1ccccc1)-c1ccccc1C2. The normalized spacial score (nSPS) is 12.8. The monoisotopic (exact) mass is 315 g/mol. The molecule has 1 nitrogen and oxygen atoms in total. The molecule has 0 fully saturated rings. The van der Waals surface area contributed by atoms with Crippen molar-refractivity contribution in [3.05, 3.63) is 72.1 Å². The van der Waals surface area contributed by atoms with Crippen LogP contribution in [0.4, 0.5) is 0 Å². The Labute approximate surface area is 139 Å². The van der Waals surface area contributed by atoms with Crippen LogP contribution in [0.1, 0.15) is 11.3 Å². The average molecular weight is 315 g/mol. The fourth-order valence-corrected chi connectivity index (χ4v) is 5.02. The summed E-state index contributed by atoms with van der Waals surface area (Å²) in [6.45, 7) is 7.22. The molecular formula is C21H21NSi. The van der Waals surface area contributed by atoms with Gasteiger partial charge in [-0.05, 0) is 27.4 Å². The molecule has 0 amide bonds. The minimum Gasteiger partial charge on any atom is -0.260 e.